The van der Waals surface area contributed by atoms with Gasteiger partial charge in [-0.2, -0.15) is 0 Å². The van der Waals surface area contributed by atoms with Crippen LogP contribution in [-0.4, -0.2) is 61.6 Å². The number of rotatable bonds is 5. The van der Waals surface area contributed by atoms with Gasteiger partial charge in [0.25, 0.3) is 5.91 Å². The highest BCUT2D eigenvalue weighted by atomic mass is 16.6. The lowest BCUT2D eigenvalue weighted by Gasteiger charge is -2.39. The molecule has 2 heterocycles. The summed E-state index contributed by atoms with van der Waals surface area (Å²) in [6, 6.07) is 0. The number of amides is 2. The smallest absolute Gasteiger partial charge is 0.335 e. The highest BCUT2D eigenvalue weighted by molar-refractivity contribution is 6.07. The van der Waals surface area contributed by atoms with Gasteiger partial charge in [-0.05, 0) is 13.3 Å². The molecular weight excluding hydrogens is 300 g/mol. The molecule has 0 aromatic carbocycles. The fourth-order valence-electron chi connectivity index (χ4n) is 3.17. The molecule has 0 unspecified atom stereocenters. The Kier molecular flexibility index (Phi) is 5.41. The van der Waals surface area contributed by atoms with Crippen molar-refractivity contribution in [2.24, 2.45) is 0 Å². The molecule has 2 aliphatic heterocycles. The summed E-state index contributed by atoms with van der Waals surface area (Å²) in [7, 11) is 1.61. The minimum absolute atomic E-state index is 0.00422. The number of carbonyl (C=O) groups excluding carboxylic acids is 3. The van der Waals surface area contributed by atoms with E-state index in [1.54, 1.807) is 18.9 Å². The van der Waals surface area contributed by atoms with Crippen LogP contribution in [0.25, 0.3) is 0 Å². The van der Waals surface area contributed by atoms with Crippen LogP contribution in [-0.2, 0) is 23.9 Å². The van der Waals surface area contributed by atoms with Crippen LogP contribution in [0.4, 0.5) is 0 Å². The van der Waals surface area contributed by atoms with Gasteiger partial charge < -0.3 is 19.7 Å². The van der Waals surface area contributed by atoms with Gasteiger partial charge >= 0.3 is 5.97 Å². The van der Waals surface area contributed by atoms with Gasteiger partial charge in [-0.3, -0.25) is 9.59 Å². The van der Waals surface area contributed by atoms with E-state index in [1.807, 2.05) is 0 Å². The Bertz CT molecular complexity index is 533. The molecule has 0 atom stereocenters. The Morgan fingerprint density at radius 3 is 2.57 bits per heavy atom. The van der Waals surface area contributed by atoms with Gasteiger partial charge in [-0.25, -0.2) is 4.79 Å². The number of hydrogen-bond donors (Lipinski definition) is 1. The monoisotopic (exact) mass is 324 g/mol. The first kappa shape index (κ1) is 17.5. The van der Waals surface area contributed by atoms with Crippen molar-refractivity contribution < 1.29 is 23.9 Å². The normalized spacial score (nSPS) is 20.0. The van der Waals surface area contributed by atoms with E-state index < -0.39 is 11.6 Å². The number of ether oxygens (including phenoxy) is 2. The average molecular weight is 324 g/mol. The van der Waals surface area contributed by atoms with E-state index >= 15 is 0 Å². The van der Waals surface area contributed by atoms with Crippen LogP contribution in [0.1, 0.15) is 33.1 Å². The molecule has 0 aromatic rings. The molecule has 7 nitrogen and oxygen atoms in total. The molecule has 0 aromatic heterocycles. The van der Waals surface area contributed by atoms with Gasteiger partial charge in [0.15, 0.2) is 0 Å². The Labute approximate surface area is 136 Å². The summed E-state index contributed by atoms with van der Waals surface area (Å²) in [6.07, 6.45) is 1.61. The lowest BCUT2D eigenvalue weighted by atomic mass is 9.82. The van der Waals surface area contributed by atoms with Crippen LogP contribution in [0.2, 0.25) is 0 Å². The molecule has 0 aliphatic carbocycles. The summed E-state index contributed by atoms with van der Waals surface area (Å²) in [6.45, 7) is 5.15. The van der Waals surface area contributed by atoms with Crippen molar-refractivity contribution in [3.05, 3.63) is 11.1 Å². The van der Waals surface area contributed by atoms with E-state index in [2.05, 4.69) is 5.32 Å². The maximum atomic E-state index is 12.5. The van der Waals surface area contributed by atoms with E-state index in [4.69, 9.17) is 9.47 Å². The summed E-state index contributed by atoms with van der Waals surface area (Å²) in [5.74, 6) is -0.709. The number of methoxy groups -OCH3 is 1. The predicted octanol–water partition coefficient (Wildman–Crippen LogP) is 0.393. The number of nitrogens with zero attached hydrogens (tertiary/aromatic N) is 1. The van der Waals surface area contributed by atoms with Crippen molar-refractivity contribution in [1.82, 2.24) is 10.2 Å². The van der Waals surface area contributed by atoms with Gasteiger partial charge in [0, 0.05) is 58.7 Å². The lowest BCUT2D eigenvalue weighted by Crippen LogP contribution is -2.50. The molecule has 0 bridgehead atoms. The lowest BCUT2D eigenvalue weighted by molar-refractivity contribution is -0.152. The van der Waals surface area contributed by atoms with Crippen molar-refractivity contribution in [1.29, 1.82) is 0 Å². The minimum Gasteiger partial charge on any atom is -0.450 e. The van der Waals surface area contributed by atoms with Crippen molar-refractivity contribution in [3.8, 4) is 0 Å². The van der Waals surface area contributed by atoms with Crippen LogP contribution < -0.4 is 5.32 Å². The summed E-state index contributed by atoms with van der Waals surface area (Å²) >= 11 is 0. The maximum Gasteiger partial charge on any atom is 0.335 e. The molecule has 0 radical (unpaired) electrons. The average Bonchev–Trinajstić information content (AvgIpc) is 2.75. The number of esters is 1. The molecule has 2 aliphatic rings. The molecule has 128 valence electrons. The minimum atomic E-state index is -0.890. The van der Waals surface area contributed by atoms with Crippen molar-refractivity contribution in [3.63, 3.8) is 0 Å². The zero-order chi connectivity index (χ0) is 17.0. The molecular formula is C16H24N2O5. The first-order valence-electron chi connectivity index (χ1n) is 7.88. The van der Waals surface area contributed by atoms with E-state index in [-0.39, 0.29) is 11.8 Å². The molecule has 1 fully saturated rings. The van der Waals surface area contributed by atoms with Crippen LogP contribution in [0.3, 0.4) is 0 Å². The number of piperidine rings is 1. The molecule has 1 N–H and O–H groups in total. The first-order chi connectivity index (χ1) is 10.9. The zero-order valence-electron chi connectivity index (χ0n) is 13.9. The van der Waals surface area contributed by atoms with Crippen molar-refractivity contribution in [2.45, 2.75) is 38.7 Å². The van der Waals surface area contributed by atoms with Gasteiger partial charge in [0.2, 0.25) is 5.91 Å². The fraction of sp³-hybridized carbons (Fsp3) is 0.688. The Morgan fingerprint density at radius 1 is 1.35 bits per heavy atom. The third kappa shape index (κ3) is 3.55. The quantitative estimate of drug-likeness (QED) is 0.584. The maximum absolute atomic E-state index is 12.5. The largest absolute Gasteiger partial charge is 0.450 e. The van der Waals surface area contributed by atoms with E-state index in [0.29, 0.717) is 56.6 Å². The SMILES string of the molecule is COCCCNC(=O)C1=C(C)C(=O)OC12CCN(C(C)=O)CC2. The second kappa shape index (κ2) is 7.12. The Morgan fingerprint density at radius 2 is 2.00 bits per heavy atom. The zero-order valence-corrected chi connectivity index (χ0v) is 13.9. The first-order valence-corrected chi connectivity index (χ1v) is 7.88. The van der Waals surface area contributed by atoms with Gasteiger partial charge in [-0.1, -0.05) is 0 Å². The topological polar surface area (TPSA) is 84.9 Å². The number of hydrogen-bond acceptors (Lipinski definition) is 5. The molecule has 7 heteroatoms. The Hall–Kier alpha value is -1.89. The second-order valence-electron chi connectivity index (χ2n) is 5.99. The third-order valence-electron chi connectivity index (χ3n) is 4.48. The number of likely N-dealkylation sites (tertiary alicyclic amines) is 1. The van der Waals surface area contributed by atoms with E-state index in [1.165, 1.54) is 6.92 Å². The predicted molar refractivity (Wildman–Crippen MR) is 82.5 cm³/mol. The summed E-state index contributed by atoms with van der Waals surface area (Å²) in [5, 5.41) is 2.83. The fourth-order valence-corrected chi connectivity index (χ4v) is 3.17. The summed E-state index contributed by atoms with van der Waals surface area (Å²) in [4.78, 5) is 37.7. The van der Waals surface area contributed by atoms with Crippen LogP contribution in [0.5, 0.6) is 0 Å². The van der Waals surface area contributed by atoms with Gasteiger partial charge in [0.1, 0.15) is 5.60 Å². The molecule has 1 saturated heterocycles. The highest BCUT2D eigenvalue weighted by Crippen LogP contribution is 2.41. The summed E-state index contributed by atoms with van der Waals surface area (Å²) in [5.41, 5.74) is -0.105. The Balaban J connectivity index is 2.10. The summed E-state index contributed by atoms with van der Waals surface area (Å²) < 4.78 is 10.5. The van der Waals surface area contributed by atoms with Gasteiger partial charge in [-0.15, -0.1) is 0 Å². The number of carbonyl (C=O) groups is 3. The second-order valence-corrected chi connectivity index (χ2v) is 5.99. The highest BCUT2D eigenvalue weighted by Gasteiger charge is 2.50. The van der Waals surface area contributed by atoms with Crippen molar-refractivity contribution in [2.75, 3.05) is 33.4 Å². The molecule has 1 spiro atoms. The number of nitrogens with one attached hydrogen (secondary N) is 1. The van der Waals surface area contributed by atoms with Crippen LogP contribution in [0.15, 0.2) is 11.1 Å². The van der Waals surface area contributed by atoms with E-state index in [0.717, 1.165) is 0 Å². The standard InChI is InChI=1S/C16H24N2O5/c1-11-13(14(20)17-7-4-10-22-3)16(23-15(11)21)5-8-18(9-6-16)12(2)19/h4-10H2,1-3H3,(H,17,20). The van der Waals surface area contributed by atoms with Crippen molar-refractivity contribution >= 4 is 17.8 Å². The molecule has 23 heavy (non-hydrogen) atoms. The van der Waals surface area contributed by atoms with Gasteiger partial charge in [0.05, 0.1) is 5.57 Å². The molecule has 2 amide bonds. The van der Waals surface area contributed by atoms with E-state index in [9.17, 15) is 14.4 Å². The third-order valence-corrected chi connectivity index (χ3v) is 4.48. The molecule has 2 rings (SSSR count). The molecule has 0 saturated carbocycles. The van der Waals surface area contributed by atoms with Crippen LogP contribution in [0, 0.1) is 0 Å². The van der Waals surface area contributed by atoms with Crippen LogP contribution >= 0.6 is 0 Å².